The lowest BCUT2D eigenvalue weighted by molar-refractivity contribution is -0.137. The number of carbonyl (C=O) groups excluding carboxylic acids is 2. The zero-order valence-electron chi connectivity index (χ0n) is 16.1. The first-order chi connectivity index (χ1) is 13.4. The molecule has 3 aliphatic carbocycles. The van der Waals surface area contributed by atoms with Gasteiger partial charge in [-0.05, 0) is 67.1 Å². The summed E-state index contributed by atoms with van der Waals surface area (Å²) < 4.78 is 26.4. The Hall–Kier alpha value is -1.98. The molecule has 6 atom stereocenters. The van der Waals surface area contributed by atoms with Gasteiger partial charge in [-0.3, -0.25) is 9.59 Å². The number of amides is 2. The molecule has 0 aromatic heterocycles. The highest BCUT2D eigenvalue weighted by Gasteiger charge is 2.62. The first kappa shape index (κ1) is 18.1. The molecule has 1 aromatic rings. The number of hydrogen-bond donors (Lipinski definition) is 0. The molecular weight excluding hydrogens is 362 g/mol. The summed E-state index contributed by atoms with van der Waals surface area (Å²) in [6, 6.07) is 3.56. The van der Waals surface area contributed by atoms with Crippen LogP contribution in [0, 0.1) is 41.2 Å². The van der Waals surface area contributed by atoms with Crippen molar-refractivity contribution in [2.75, 3.05) is 20.1 Å². The van der Waals surface area contributed by atoms with E-state index in [4.69, 9.17) is 0 Å². The molecule has 1 aliphatic heterocycles. The van der Waals surface area contributed by atoms with Crippen molar-refractivity contribution < 1.29 is 18.4 Å². The maximum atomic E-state index is 13.4. The fraction of sp³-hybridized carbons (Fsp3) is 0.636. The van der Waals surface area contributed by atoms with Gasteiger partial charge in [0.15, 0.2) is 11.6 Å². The molecule has 1 saturated heterocycles. The molecule has 150 valence electrons. The van der Waals surface area contributed by atoms with E-state index in [0.29, 0.717) is 30.5 Å². The third-order valence-corrected chi connectivity index (χ3v) is 7.77. The number of fused-ring (bicyclic) bond motifs is 5. The fourth-order valence-electron chi connectivity index (χ4n) is 6.13. The molecule has 2 amide bonds. The standard InChI is InChI=1S/C22H26F2N2O2/c1-25(21(27)7-12-2-3-19(23)20(24)6-12)14-4-5-26(11-14)22(28)18-9-13-8-16(18)17-10-15(13)17/h2-3,6,13-18H,4-5,7-11H2,1H3. The molecule has 0 N–H and O–H groups in total. The van der Waals surface area contributed by atoms with Crippen LogP contribution in [-0.4, -0.2) is 47.8 Å². The van der Waals surface area contributed by atoms with Gasteiger partial charge in [0.2, 0.25) is 11.8 Å². The average Bonchev–Trinajstić information content (AvgIpc) is 3.05. The van der Waals surface area contributed by atoms with E-state index >= 15 is 0 Å². The largest absolute Gasteiger partial charge is 0.341 e. The molecule has 4 nitrogen and oxygen atoms in total. The maximum absolute atomic E-state index is 13.4. The molecule has 1 aromatic carbocycles. The van der Waals surface area contributed by atoms with Crippen molar-refractivity contribution in [3.63, 3.8) is 0 Å². The molecule has 1 heterocycles. The Morgan fingerprint density at radius 3 is 2.64 bits per heavy atom. The second-order valence-corrected chi connectivity index (χ2v) is 9.22. The maximum Gasteiger partial charge on any atom is 0.227 e. The van der Waals surface area contributed by atoms with Gasteiger partial charge in [0.05, 0.1) is 12.5 Å². The summed E-state index contributed by atoms with van der Waals surface area (Å²) in [7, 11) is 1.74. The number of benzene rings is 1. The number of nitrogens with zero attached hydrogens (tertiary/aromatic N) is 2. The van der Waals surface area contributed by atoms with E-state index in [1.165, 1.54) is 18.9 Å². The van der Waals surface area contributed by atoms with Gasteiger partial charge >= 0.3 is 0 Å². The molecular formula is C22H26F2N2O2. The molecule has 0 radical (unpaired) electrons. The van der Waals surface area contributed by atoms with Crippen LogP contribution in [0.3, 0.4) is 0 Å². The third-order valence-electron chi connectivity index (χ3n) is 7.77. The Labute approximate surface area is 163 Å². The Morgan fingerprint density at radius 1 is 1.11 bits per heavy atom. The van der Waals surface area contributed by atoms with Crippen molar-refractivity contribution in [3.05, 3.63) is 35.4 Å². The van der Waals surface area contributed by atoms with Gasteiger partial charge in [-0.15, -0.1) is 0 Å². The number of carbonyl (C=O) groups is 2. The molecule has 4 aliphatic rings. The lowest BCUT2D eigenvalue weighted by Crippen LogP contribution is -2.42. The third kappa shape index (κ3) is 2.92. The zero-order chi connectivity index (χ0) is 19.6. The molecule has 4 fully saturated rings. The van der Waals surface area contributed by atoms with Gasteiger partial charge in [-0.25, -0.2) is 8.78 Å². The van der Waals surface area contributed by atoms with Crippen molar-refractivity contribution in [1.82, 2.24) is 9.80 Å². The van der Waals surface area contributed by atoms with Crippen LogP contribution in [0.25, 0.3) is 0 Å². The minimum atomic E-state index is -0.936. The van der Waals surface area contributed by atoms with Crippen LogP contribution < -0.4 is 0 Å². The predicted molar refractivity (Wildman–Crippen MR) is 99.1 cm³/mol. The van der Waals surface area contributed by atoms with Crippen LogP contribution in [0.15, 0.2) is 18.2 Å². The SMILES string of the molecule is CN(C(=O)Cc1ccc(F)c(F)c1)C1CCN(C(=O)C2CC3CC2C2CC32)C1. The van der Waals surface area contributed by atoms with Crippen molar-refractivity contribution in [3.8, 4) is 0 Å². The Bertz CT molecular complexity index is 829. The Balaban J connectivity index is 1.17. The van der Waals surface area contributed by atoms with Gasteiger partial charge in [0.25, 0.3) is 0 Å². The van der Waals surface area contributed by atoms with Gasteiger partial charge in [-0.2, -0.15) is 0 Å². The summed E-state index contributed by atoms with van der Waals surface area (Å²) in [6.45, 7) is 1.29. The summed E-state index contributed by atoms with van der Waals surface area (Å²) in [6.07, 6.45) is 4.46. The summed E-state index contributed by atoms with van der Waals surface area (Å²) in [5.41, 5.74) is 0.461. The number of halogens is 2. The number of likely N-dealkylation sites (N-methyl/N-ethyl adjacent to an activating group) is 1. The summed E-state index contributed by atoms with van der Waals surface area (Å²) >= 11 is 0. The minimum Gasteiger partial charge on any atom is -0.341 e. The Morgan fingerprint density at radius 2 is 1.93 bits per heavy atom. The fourth-order valence-corrected chi connectivity index (χ4v) is 6.13. The highest BCUT2D eigenvalue weighted by Crippen LogP contribution is 2.67. The van der Waals surface area contributed by atoms with E-state index < -0.39 is 11.6 Å². The second kappa shape index (κ2) is 6.53. The summed E-state index contributed by atoms with van der Waals surface area (Å²) in [4.78, 5) is 29.3. The van der Waals surface area contributed by atoms with Gasteiger partial charge in [-0.1, -0.05) is 6.07 Å². The molecule has 6 unspecified atom stereocenters. The first-order valence-corrected chi connectivity index (χ1v) is 10.4. The quantitative estimate of drug-likeness (QED) is 0.796. The number of rotatable bonds is 4. The number of likely N-dealkylation sites (tertiary alicyclic amines) is 1. The van der Waals surface area contributed by atoms with Crippen molar-refractivity contribution in [2.45, 2.75) is 38.1 Å². The van der Waals surface area contributed by atoms with E-state index in [9.17, 15) is 18.4 Å². The van der Waals surface area contributed by atoms with Crippen LogP contribution in [0.5, 0.6) is 0 Å². The molecule has 3 saturated carbocycles. The van der Waals surface area contributed by atoms with E-state index in [-0.39, 0.29) is 24.3 Å². The van der Waals surface area contributed by atoms with E-state index in [0.717, 1.165) is 42.7 Å². The van der Waals surface area contributed by atoms with E-state index in [1.807, 2.05) is 4.90 Å². The molecule has 2 bridgehead atoms. The molecule has 0 spiro atoms. The van der Waals surface area contributed by atoms with Gasteiger partial charge < -0.3 is 9.80 Å². The van der Waals surface area contributed by atoms with Crippen LogP contribution in [-0.2, 0) is 16.0 Å². The molecule has 6 heteroatoms. The zero-order valence-corrected chi connectivity index (χ0v) is 16.1. The molecule has 28 heavy (non-hydrogen) atoms. The summed E-state index contributed by atoms with van der Waals surface area (Å²) in [5, 5.41) is 0. The van der Waals surface area contributed by atoms with E-state index in [1.54, 1.807) is 11.9 Å². The van der Waals surface area contributed by atoms with Crippen molar-refractivity contribution in [1.29, 1.82) is 0 Å². The predicted octanol–water partition coefficient (Wildman–Crippen LogP) is 2.86. The van der Waals surface area contributed by atoms with Crippen LogP contribution in [0.4, 0.5) is 8.78 Å². The van der Waals surface area contributed by atoms with Gasteiger partial charge in [0.1, 0.15) is 0 Å². The second-order valence-electron chi connectivity index (χ2n) is 9.22. The lowest BCUT2D eigenvalue weighted by atomic mass is 9.87. The highest BCUT2D eigenvalue weighted by atomic mass is 19.2. The lowest BCUT2D eigenvalue weighted by Gasteiger charge is -2.28. The highest BCUT2D eigenvalue weighted by molar-refractivity contribution is 5.81. The minimum absolute atomic E-state index is 0.00555. The van der Waals surface area contributed by atoms with Crippen molar-refractivity contribution >= 4 is 11.8 Å². The van der Waals surface area contributed by atoms with Crippen molar-refractivity contribution in [2.24, 2.45) is 29.6 Å². The normalized spacial score (nSPS) is 35.2. The summed E-state index contributed by atoms with van der Waals surface area (Å²) in [5.74, 6) is 1.63. The monoisotopic (exact) mass is 388 g/mol. The average molecular weight is 388 g/mol. The number of hydrogen-bond acceptors (Lipinski definition) is 2. The topological polar surface area (TPSA) is 40.6 Å². The van der Waals surface area contributed by atoms with Crippen LogP contribution in [0.1, 0.15) is 31.2 Å². The smallest absolute Gasteiger partial charge is 0.227 e. The van der Waals surface area contributed by atoms with Crippen LogP contribution in [0.2, 0.25) is 0 Å². The van der Waals surface area contributed by atoms with Gasteiger partial charge in [0, 0.05) is 26.1 Å². The Kier molecular flexibility index (Phi) is 4.21. The first-order valence-electron chi connectivity index (χ1n) is 10.4. The van der Waals surface area contributed by atoms with E-state index in [2.05, 4.69) is 0 Å². The van der Waals surface area contributed by atoms with Crippen LogP contribution >= 0.6 is 0 Å². The molecule has 5 rings (SSSR count).